The highest BCUT2D eigenvalue weighted by molar-refractivity contribution is 6.03. The van der Waals surface area contributed by atoms with Gasteiger partial charge in [0.05, 0.1) is 21.3 Å². The number of aliphatic carboxylic acids is 1. The number of carbonyl (C=O) groups excluding carboxylic acids is 1. The van der Waals surface area contributed by atoms with Crippen molar-refractivity contribution in [3.05, 3.63) is 47.0 Å². The van der Waals surface area contributed by atoms with Crippen LogP contribution < -0.4 is 18.9 Å². The Balaban J connectivity index is 2.01. The van der Waals surface area contributed by atoms with Gasteiger partial charge < -0.3 is 24.1 Å². The highest BCUT2D eigenvalue weighted by atomic mass is 16.5. The third kappa shape index (κ3) is 3.40. The summed E-state index contributed by atoms with van der Waals surface area (Å²) < 4.78 is 21.5. The summed E-state index contributed by atoms with van der Waals surface area (Å²) >= 11 is 0. The number of ether oxygens (including phenoxy) is 4. The van der Waals surface area contributed by atoms with Crippen molar-refractivity contribution in [2.24, 2.45) is 0 Å². The topological polar surface area (TPSA) is 91.3 Å². The van der Waals surface area contributed by atoms with Crippen LogP contribution in [0.3, 0.4) is 0 Å². The zero-order valence-electron chi connectivity index (χ0n) is 15.3. The number of Topliss-reactive ketones (excluding diaryl/α,β-unsaturated/α-hetero) is 1. The number of carboxylic acid groups (broad SMARTS) is 1. The molecule has 1 N–H and O–H groups in total. The monoisotopic (exact) mass is 372 g/mol. The van der Waals surface area contributed by atoms with Gasteiger partial charge in [0.2, 0.25) is 5.75 Å². The molecule has 0 aromatic heterocycles. The van der Waals surface area contributed by atoms with Crippen LogP contribution in [0.15, 0.2) is 30.3 Å². The van der Waals surface area contributed by atoms with E-state index in [-0.39, 0.29) is 11.7 Å². The SMILES string of the molecule is COc1cc2c(c(OC)c1OC)C(c1ccc(OCC(=O)O)cc1)CC2=O. The van der Waals surface area contributed by atoms with Crippen LogP contribution in [0.1, 0.15) is 33.8 Å². The number of rotatable bonds is 7. The number of hydrogen-bond donors (Lipinski definition) is 1. The summed E-state index contributed by atoms with van der Waals surface area (Å²) in [4.78, 5) is 23.2. The molecule has 0 fully saturated rings. The van der Waals surface area contributed by atoms with Gasteiger partial charge >= 0.3 is 5.97 Å². The second kappa shape index (κ2) is 7.57. The summed E-state index contributed by atoms with van der Waals surface area (Å²) in [6.07, 6.45) is 0.303. The van der Waals surface area contributed by atoms with Crippen molar-refractivity contribution in [1.82, 2.24) is 0 Å². The molecule has 1 atom stereocenters. The summed E-state index contributed by atoms with van der Waals surface area (Å²) in [5.74, 6) is 0.578. The molecule has 0 radical (unpaired) electrons. The van der Waals surface area contributed by atoms with Crippen LogP contribution in [0.4, 0.5) is 0 Å². The fraction of sp³-hybridized carbons (Fsp3) is 0.300. The molecule has 1 unspecified atom stereocenters. The highest BCUT2D eigenvalue weighted by Gasteiger charge is 2.36. The Kier molecular flexibility index (Phi) is 5.21. The molecule has 0 saturated heterocycles. The van der Waals surface area contributed by atoms with Gasteiger partial charge in [0, 0.05) is 23.5 Å². The zero-order chi connectivity index (χ0) is 19.6. The Labute approximate surface area is 156 Å². The van der Waals surface area contributed by atoms with Crippen LogP contribution in [-0.2, 0) is 4.79 Å². The highest BCUT2D eigenvalue weighted by Crippen LogP contribution is 2.51. The third-order valence-electron chi connectivity index (χ3n) is 4.55. The largest absolute Gasteiger partial charge is 0.493 e. The van der Waals surface area contributed by atoms with Crippen LogP contribution >= 0.6 is 0 Å². The predicted octanol–water partition coefficient (Wildman–Crippen LogP) is 2.89. The Morgan fingerprint density at radius 3 is 2.30 bits per heavy atom. The average Bonchev–Trinajstić information content (AvgIpc) is 3.01. The molecule has 142 valence electrons. The van der Waals surface area contributed by atoms with E-state index in [2.05, 4.69) is 0 Å². The van der Waals surface area contributed by atoms with Gasteiger partial charge in [-0.2, -0.15) is 0 Å². The van der Waals surface area contributed by atoms with Crippen molar-refractivity contribution in [3.63, 3.8) is 0 Å². The molecule has 1 aliphatic carbocycles. The molecule has 7 nitrogen and oxygen atoms in total. The molecule has 0 aliphatic heterocycles. The van der Waals surface area contributed by atoms with E-state index in [1.165, 1.54) is 21.3 Å². The van der Waals surface area contributed by atoms with Gasteiger partial charge in [-0.3, -0.25) is 4.79 Å². The number of carbonyl (C=O) groups is 2. The van der Waals surface area contributed by atoms with Gasteiger partial charge in [0.25, 0.3) is 0 Å². The molecule has 1 aliphatic rings. The summed E-state index contributed by atoms with van der Waals surface area (Å²) in [7, 11) is 4.56. The molecular formula is C20H20O7. The molecule has 2 aromatic carbocycles. The molecular weight excluding hydrogens is 352 g/mol. The van der Waals surface area contributed by atoms with E-state index in [1.807, 2.05) is 12.1 Å². The summed E-state index contributed by atoms with van der Waals surface area (Å²) in [6, 6.07) is 8.70. The van der Waals surface area contributed by atoms with Crippen LogP contribution in [0, 0.1) is 0 Å². The first-order valence-corrected chi connectivity index (χ1v) is 8.30. The van der Waals surface area contributed by atoms with Crippen molar-refractivity contribution in [3.8, 4) is 23.0 Å². The number of carboxylic acids is 1. The van der Waals surface area contributed by atoms with E-state index in [0.29, 0.717) is 35.0 Å². The standard InChI is InChI=1S/C20H20O7/c1-24-16-9-14-15(21)8-13(18(14)20(26-3)19(16)25-2)11-4-6-12(7-5-11)27-10-17(22)23/h4-7,9,13H,8,10H2,1-3H3,(H,22,23). The Bertz CT molecular complexity index is 871. The van der Waals surface area contributed by atoms with Crippen molar-refractivity contribution in [1.29, 1.82) is 0 Å². The van der Waals surface area contributed by atoms with Crippen molar-refractivity contribution in [2.75, 3.05) is 27.9 Å². The van der Waals surface area contributed by atoms with Gasteiger partial charge in [-0.15, -0.1) is 0 Å². The van der Waals surface area contributed by atoms with Gasteiger partial charge in [0.1, 0.15) is 5.75 Å². The van der Waals surface area contributed by atoms with E-state index in [1.54, 1.807) is 18.2 Å². The van der Waals surface area contributed by atoms with E-state index in [0.717, 1.165) is 11.1 Å². The molecule has 3 rings (SSSR count). The molecule has 7 heteroatoms. The Morgan fingerprint density at radius 2 is 1.74 bits per heavy atom. The van der Waals surface area contributed by atoms with Crippen LogP contribution in [0.25, 0.3) is 0 Å². The maximum absolute atomic E-state index is 12.6. The smallest absolute Gasteiger partial charge is 0.341 e. The van der Waals surface area contributed by atoms with Crippen molar-refractivity contribution < 1.29 is 33.6 Å². The number of ketones is 1. The number of hydrogen-bond acceptors (Lipinski definition) is 6. The first-order valence-electron chi connectivity index (χ1n) is 8.30. The quantitative estimate of drug-likeness (QED) is 0.799. The molecule has 0 heterocycles. The van der Waals surface area contributed by atoms with Gasteiger partial charge in [0.15, 0.2) is 23.9 Å². The summed E-state index contributed by atoms with van der Waals surface area (Å²) in [5.41, 5.74) is 2.22. The van der Waals surface area contributed by atoms with Gasteiger partial charge in [-0.25, -0.2) is 4.79 Å². The predicted molar refractivity (Wildman–Crippen MR) is 96.5 cm³/mol. The van der Waals surface area contributed by atoms with E-state index in [9.17, 15) is 9.59 Å². The first-order chi connectivity index (χ1) is 13.0. The second-order valence-corrected chi connectivity index (χ2v) is 6.04. The van der Waals surface area contributed by atoms with Gasteiger partial charge in [-0.05, 0) is 23.8 Å². The van der Waals surface area contributed by atoms with E-state index >= 15 is 0 Å². The Morgan fingerprint density at radius 1 is 1.07 bits per heavy atom. The molecule has 27 heavy (non-hydrogen) atoms. The minimum absolute atomic E-state index is 0.000423. The molecule has 0 saturated carbocycles. The minimum atomic E-state index is -1.04. The molecule has 0 bridgehead atoms. The van der Waals surface area contributed by atoms with Crippen LogP contribution in [-0.4, -0.2) is 44.8 Å². The van der Waals surface area contributed by atoms with Gasteiger partial charge in [-0.1, -0.05) is 12.1 Å². The lowest BCUT2D eigenvalue weighted by Crippen LogP contribution is -2.09. The molecule has 2 aromatic rings. The van der Waals surface area contributed by atoms with Crippen LogP contribution in [0.2, 0.25) is 0 Å². The fourth-order valence-corrected chi connectivity index (χ4v) is 3.38. The number of fused-ring (bicyclic) bond motifs is 1. The average molecular weight is 372 g/mol. The maximum atomic E-state index is 12.6. The molecule has 0 amide bonds. The van der Waals surface area contributed by atoms with Crippen LogP contribution in [0.5, 0.6) is 23.0 Å². The lowest BCUT2D eigenvalue weighted by atomic mass is 9.92. The number of benzene rings is 2. The lowest BCUT2D eigenvalue weighted by Gasteiger charge is -2.19. The minimum Gasteiger partial charge on any atom is -0.493 e. The summed E-state index contributed by atoms with van der Waals surface area (Å²) in [5, 5.41) is 8.69. The van der Waals surface area contributed by atoms with Crippen molar-refractivity contribution >= 4 is 11.8 Å². The summed E-state index contributed by atoms with van der Waals surface area (Å²) in [6.45, 7) is -0.408. The second-order valence-electron chi connectivity index (χ2n) is 6.04. The maximum Gasteiger partial charge on any atom is 0.341 e. The lowest BCUT2D eigenvalue weighted by molar-refractivity contribution is -0.139. The normalized spacial score (nSPS) is 15.2. The van der Waals surface area contributed by atoms with E-state index in [4.69, 9.17) is 24.1 Å². The molecule has 0 spiro atoms. The first kappa shape index (κ1) is 18.6. The number of methoxy groups -OCH3 is 3. The Hall–Kier alpha value is -3.22. The third-order valence-corrected chi connectivity index (χ3v) is 4.55. The zero-order valence-corrected chi connectivity index (χ0v) is 15.3. The van der Waals surface area contributed by atoms with Crippen molar-refractivity contribution in [2.45, 2.75) is 12.3 Å². The van der Waals surface area contributed by atoms with E-state index < -0.39 is 12.6 Å². The fourth-order valence-electron chi connectivity index (χ4n) is 3.38.